The SMILES string of the molecule is O=C(Nc1cccc(C(=O)Nc2nnc(COc3ccc(Cl)cc3)s2)c1)c1ccccc1. The molecule has 3 aromatic carbocycles. The lowest BCUT2D eigenvalue weighted by Crippen LogP contribution is -2.14. The van der Waals surface area contributed by atoms with E-state index in [2.05, 4.69) is 20.8 Å². The molecule has 1 heterocycles. The average Bonchev–Trinajstić information content (AvgIpc) is 3.26. The minimum Gasteiger partial charge on any atom is -0.486 e. The Morgan fingerprint density at radius 3 is 2.34 bits per heavy atom. The summed E-state index contributed by atoms with van der Waals surface area (Å²) in [6, 6.07) is 22.5. The second kappa shape index (κ2) is 10.0. The first-order valence-electron chi connectivity index (χ1n) is 9.55. The lowest BCUT2D eigenvalue weighted by atomic mass is 10.1. The van der Waals surface area contributed by atoms with Crippen LogP contribution in [0, 0.1) is 0 Å². The van der Waals surface area contributed by atoms with Crippen LogP contribution < -0.4 is 15.4 Å². The molecule has 0 unspecified atom stereocenters. The van der Waals surface area contributed by atoms with Crippen molar-refractivity contribution in [3.8, 4) is 5.75 Å². The molecule has 0 spiro atoms. The molecular formula is C23H17ClN4O3S. The predicted octanol–water partition coefficient (Wildman–Crippen LogP) is 5.28. The number of carbonyl (C=O) groups is 2. The van der Waals surface area contributed by atoms with Crippen LogP contribution in [0.4, 0.5) is 10.8 Å². The van der Waals surface area contributed by atoms with Crippen LogP contribution in [0.25, 0.3) is 0 Å². The number of aromatic nitrogens is 2. The zero-order chi connectivity index (χ0) is 22.3. The maximum Gasteiger partial charge on any atom is 0.257 e. The van der Waals surface area contributed by atoms with Gasteiger partial charge in [-0.25, -0.2) is 0 Å². The molecule has 0 bridgehead atoms. The normalized spacial score (nSPS) is 10.4. The van der Waals surface area contributed by atoms with E-state index in [-0.39, 0.29) is 18.4 Å². The third kappa shape index (κ3) is 5.69. The number of rotatable bonds is 7. The highest BCUT2D eigenvalue weighted by atomic mass is 35.5. The zero-order valence-electron chi connectivity index (χ0n) is 16.6. The Morgan fingerprint density at radius 2 is 1.56 bits per heavy atom. The van der Waals surface area contributed by atoms with Crippen LogP contribution in [0.1, 0.15) is 25.7 Å². The minimum absolute atomic E-state index is 0.218. The summed E-state index contributed by atoms with van der Waals surface area (Å²) in [6.45, 7) is 0.218. The van der Waals surface area contributed by atoms with Gasteiger partial charge in [-0.15, -0.1) is 10.2 Å². The Balaban J connectivity index is 1.35. The molecule has 1 aromatic heterocycles. The number of nitrogens with zero attached hydrogens (tertiary/aromatic N) is 2. The van der Waals surface area contributed by atoms with E-state index in [4.69, 9.17) is 16.3 Å². The number of ether oxygens (including phenoxy) is 1. The predicted molar refractivity (Wildman–Crippen MR) is 124 cm³/mol. The van der Waals surface area contributed by atoms with Crippen LogP contribution in [0.2, 0.25) is 5.02 Å². The fraction of sp³-hybridized carbons (Fsp3) is 0.0435. The summed E-state index contributed by atoms with van der Waals surface area (Å²) in [7, 11) is 0. The molecule has 4 aromatic rings. The van der Waals surface area contributed by atoms with Crippen LogP contribution in [-0.4, -0.2) is 22.0 Å². The van der Waals surface area contributed by atoms with Gasteiger partial charge >= 0.3 is 0 Å². The molecule has 0 aliphatic carbocycles. The first-order valence-corrected chi connectivity index (χ1v) is 10.7. The second-order valence-corrected chi connectivity index (χ2v) is 8.10. The highest BCUT2D eigenvalue weighted by Gasteiger charge is 2.12. The second-order valence-electron chi connectivity index (χ2n) is 6.60. The number of amides is 2. The van der Waals surface area contributed by atoms with Crippen molar-refractivity contribution in [1.82, 2.24) is 10.2 Å². The number of hydrogen-bond donors (Lipinski definition) is 2. The van der Waals surface area contributed by atoms with Gasteiger partial charge in [-0.2, -0.15) is 0 Å². The quantitative estimate of drug-likeness (QED) is 0.388. The van der Waals surface area contributed by atoms with E-state index in [1.165, 1.54) is 11.3 Å². The fourth-order valence-corrected chi connectivity index (χ4v) is 3.51. The van der Waals surface area contributed by atoms with Crippen LogP contribution in [0.15, 0.2) is 78.9 Å². The van der Waals surface area contributed by atoms with Gasteiger partial charge < -0.3 is 10.1 Å². The van der Waals surface area contributed by atoms with Crippen LogP contribution in [-0.2, 0) is 6.61 Å². The summed E-state index contributed by atoms with van der Waals surface area (Å²) < 4.78 is 5.64. The van der Waals surface area contributed by atoms with Gasteiger partial charge in [0.1, 0.15) is 12.4 Å². The smallest absolute Gasteiger partial charge is 0.257 e. The molecule has 0 aliphatic rings. The molecule has 0 fully saturated rings. The molecule has 2 amide bonds. The Hall–Kier alpha value is -3.75. The third-order valence-corrected chi connectivity index (χ3v) is 5.35. The maximum absolute atomic E-state index is 12.6. The number of benzene rings is 3. The van der Waals surface area contributed by atoms with Gasteiger partial charge in [0.15, 0.2) is 5.01 Å². The van der Waals surface area contributed by atoms with Crippen molar-refractivity contribution in [1.29, 1.82) is 0 Å². The van der Waals surface area contributed by atoms with Crippen molar-refractivity contribution in [2.24, 2.45) is 0 Å². The Morgan fingerprint density at radius 1 is 0.844 bits per heavy atom. The fourth-order valence-electron chi connectivity index (χ4n) is 2.74. The molecule has 9 heteroatoms. The Bertz CT molecular complexity index is 1230. The van der Waals surface area contributed by atoms with E-state index in [0.717, 1.165) is 0 Å². The Labute approximate surface area is 193 Å². The van der Waals surface area contributed by atoms with E-state index >= 15 is 0 Å². The van der Waals surface area contributed by atoms with Gasteiger partial charge in [-0.1, -0.05) is 47.2 Å². The molecule has 0 saturated heterocycles. The van der Waals surface area contributed by atoms with Crippen molar-refractivity contribution < 1.29 is 14.3 Å². The monoisotopic (exact) mass is 464 g/mol. The number of hydrogen-bond acceptors (Lipinski definition) is 6. The number of anilines is 2. The van der Waals surface area contributed by atoms with Gasteiger partial charge in [-0.3, -0.25) is 14.9 Å². The van der Waals surface area contributed by atoms with Crippen molar-refractivity contribution >= 4 is 45.6 Å². The van der Waals surface area contributed by atoms with Crippen LogP contribution in [0.3, 0.4) is 0 Å². The summed E-state index contributed by atoms with van der Waals surface area (Å²) in [6.07, 6.45) is 0. The summed E-state index contributed by atoms with van der Waals surface area (Å²) in [5.74, 6) is 0.0456. The first-order chi connectivity index (χ1) is 15.6. The zero-order valence-corrected chi connectivity index (χ0v) is 18.2. The van der Waals surface area contributed by atoms with Crippen LogP contribution >= 0.6 is 22.9 Å². The molecular weight excluding hydrogens is 448 g/mol. The molecule has 160 valence electrons. The van der Waals surface area contributed by atoms with Crippen molar-refractivity contribution in [3.05, 3.63) is 100 Å². The average molecular weight is 465 g/mol. The minimum atomic E-state index is -0.359. The summed E-state index contributed by atoms with van der Waals surface area (Å²) >= 11 is 7.07. The molecule has 2 N–H and O–H groups in total. The Kier molecular flexibility index (Phi) is 6.74. The molecule has 7 nitrogen and oxygen atoms in total. The highest BCUT2D eigenvalue weighted by Crippen LogP contribution is 2.21. The molecule has 0 saturated carbocycles. The van der Waals surface area contributed by atoms with E-state index in [0.29, 0.717) is 37.7 Å². The summed E-state index contributed by atoms with van der Waals surface area (Å²) in [5.41, 5.74) is 1.43. The first kappa shape index (κ1) is 21.5. The van der Waals surface area contributed by atoms with E-state index < -0.39 is 0 Å². The summed E-state index contributed by atoms with van der Waals surface area (Å²) in [4.78, 5) is 24.9. The van der Waals surface area contributed by atoms with E-state index in [1.54, 1.807) is 72.8 Å². The van der Waals surface area contributed by atoms with Gasteiger partial charge in [0.05, 0.1) is 0 Å². The largest absolute Gasteiger partial charge is 0.486 e. The van der Waals surface area contributed by atoms with Gasteiger partial charge in [0, 0.05) is 21.8 Å². The number of nitrogens with one attached hydrogen (secondary N) is 2. The number of halogens is 1. The lowest BCUT2D eigenvalue weighted by molar-refractivity contribution is 0.101. The third-order valence-electron chi connectivity index (χ3n) is 4.28. The highest BCUT2D eigenvalue weighted by molar-refractivity contribution is 7.15. The van der Waals surface area contributed by atoms with Crippen molar-refractivity contribution in [2.75, 3.05) is 10.6 Å². The summed E-state index contributed by atoms with van der Waals surface area (Å²) in [5, 5.41) is 15.1. The molecule has 32 heavy (non-hydrogen) atoms. The van der Waals surface area contributed by atoms with Gasteiger partial charge in [0.2, 0.25) is 5.13 Å². The molecule has 0 radical (unpaired) electrons. The maximum atomic E-state index is 12.6. The molecule has 4 rings (SSSR count). The molecule has 0 atom stereocenters. The van der Waals surface area contributed by atoms with Crippen LogP contribution in [0.5, 0.6) is 5.75 Å². The number of carbonyl (C=O) groups excluding carboxylic acids is 2. The standard InChI is InChI=1S/C23H17ClN4O3S/c24-17-9-11-19(12-10-17)31-14-20-27-28-23(32-20)26-22(30)16-7-4-8-18(13-16)25-21(29)15-5-2-1-3-6-15/h1-13H,14H2,(H,25,29)(H,26,28,30). The van der Waals surface area contributed by atoms with Crippen molar-refractivity contribution in [3.63, 3.8) is 0 Å². The van der Waals surface area contributed by atoms with E-state index in [9.17, 15) is 9.59 Å². The van der Waals surface area contributed by atoms with Gasteiger partial charge in [-0.05, 0) is 54.6 Å². The molecule has 0 aliphatic heterocycles. The topological polar surface area (TPSA) is 93.2 Å². The van der Waals surface area contributed by atoms with Gasteiger partial charge in [0.25, 0.3) is 11.8 Å². The lowest BCUT2D eigenvalue weighted by Gasteiger charge is -2.07. The van der Waals surface area contributed by atoms with E-state index in [1.807, 2.05) is 6.07 Å². The van der Waals surface area contributed by atoms with Crippen molar-refractivity contribution in [2.45, 2.75) is 6.61 Å².